The van der Waals surface area contributed by atoms with E-state index in [0.29, 0.717) is 16.5 Å². The van der Waals surface area contributed by atoms with Crippen LogP contribution >= 0.6 is 15.9 Å². The maximum atomic E-state index is 13.0. The van der Waals surface area contributed by atoms with Crippen LogP contribution < -0.4 is 5.43 Å². The van der Waals surface area contributed by atoms with Crippen LogP contribution in [0.1, 0.15) is 27.7 Å². The van der Waals surface area contributed by atoms with E-state index in [0.717, 1.165) is 10.0 Å². The molecule has 1 aliphatic rings. The first-order valence-electron chi connectivity index (χ1n) is 7.16. The zero-order valence-corrected chi connectivity index (χ0v) is 13.8. The number of hydrogen-bond donors (Lipinski definition) is 0. The Bertz CT molecular complexity index is 994. The Morgan fingerprint density at radius 1 is 1.09 bits per heavy atom. The van der Waals surface area contributed by atoms with Crippen molar-refractivity contribution in [2.24, 2.45) is 0 Å². The number of nitrogens with zero attached hydrogens (tertiary/aromatic N) is 1. The molecule has 23 heavy (non-hydrogen) atoms. The third kappa shape index (κ3) is 2.04. The number of benzene rings is 2. The summed E-state index contributed by atoms with van der Waals surface area (Å²) in [6, 6.07) is 14.3. The molecule has 0 spiro atoms. The van der Waals surface area contributed by atoms with Gasteiger partial charge < -0.3 is 9.32 Å². The van der Waals surface area contributed by atoms with Crippen LogP contribution in [-0.2, 0) is 0 Å². The summed E-state index contributed by atoms with van der Waals surface area (Å²) in [5.41, 5.74) is 1.57. The predicted octanol–water partition coefficient (Wildman–Crippen LogP) is 3.73. The van der Waals surface area contributed by atoms with Crippen LogP contribution in [0.2, 0.25) is 0 Å². The van der Waals surface area contributed by atoms with Gasteiger partial charge in [0.1, 0.15) is 5.58 Å². The summed E-state index contributed by atoms with van der Waals surface area (Å²) in [5, 5.41) is 0.474. The minimum absolute atomic E-state index is 0.140. The van der Waals surface area contributed by atoms with Crippen LogP contribution in [0.3, 0.4) is 0 Å². The molecule has 5 heteroatoms. The molecule has 114 valence electrons. The zero-order valence-electron chi connectivity index (χ0n) is 12.2. The molecule has 0 fully saturated rings. The Labute approximate surface area is 140 Å². The average molecular weight is 370 g/mol. The van der Waals surface area contributed by atoms with Gasteiger partial charge in [0.05, 0.1) is 17.0 Å². The van der Waals surface area contributed by atoms with E-state index in [1.54, 1.807) is 30.1 Å². The minimum atomic E-state index is -0.418. The summed E-state index contributed by atoms with van der Waals surface area (Å²) >= 11 is 3.37. The maximum absolute atomic E-state index is 13.0. The van der Waals surface area contributed by atoms with Crippen LogP contribution in [0.25, 0.3) is 11.0 Å². The van der Waals surface area contributed by atoms with Gasteiger partial charge in [0.2, 0.25) is 5.76 Å². The third-order valence-corrected chi connectivity index (χ3v) is 4.67. The molecule has 2 aromatic carbocycles. The fourth-order valence-electron chi connectivity index (χ4n) is 3.09. The van der Waals surface area contributed by atoms with Gasteiger partial charge in [-0.25, -0.2) is 0 Å². The molecule has 4 nitrogen and oxygen atoms in total. The Morgan fingerprint density at radius 2 is 1.83 bits per heavy atom. The molecular weight excluding hydrogens is 358 g/mol. The monoisotopic (exact) mass is 369 g/mol. The van der Waals surface area contributed by atoms with E-state index < -0.39 is 6.04 Å². The highest BCUT2D eigenvalue weighted by molar-refractivity contribution is 9.10. The lowest BCUT2D eigenvalue weighted by Crippen LogP contribution is -2.25. The lowest BCUT2D eigenvalue weighted by Gasteiger charge is -2.20. The number of halogens is 1. The lowest BCUT2D eigenvalue weighted by molar-refractivity contribution is 0.0771. The average Bonchev–Trinajstić information content (AvgIpc) is 2.81. The summed E-state index contributed by atoms with van der Waals surface area (Å²) in [6.45, 7) is 0. The molecule has 0 saturated carbocycles. The van der Waals surface area contributed by atoms with E-state index in [4.69, 9.17) is 4.42 Å². The molecule has 1 amide bonds. The summed E-state index contributed by atoms with van der Waals surface area (Å²) < 4.78 is 6.56. The van der Waals surface area contributed by atoms with E-state index in [1.165, 1.54) is 0 Å². The molecule has 0 aliphatic carbocycles. The highest BCUT2D eigenvalue weighted by atomic mass is 79.9. The van der Waals surface area contributed by atoms with E-state index >= 15 is 0 Å². The van der Waals surface area contributed by atoms with Crippen molar-refractivity contribution in [3.63, 3.8) is 0 Å². The summed E-state index contributed by atoms with van der Waals surface area (Å²) in [6.07, 6.45) is 0. The normalized spacial score (nSPS) is 16.9. The number of fused-ring (bicyclic) bond motifs is 2. The Hall–Kier alpha value is -2.40. The van der Waals surface area contributed by atoms with Crippen LogP contribution in [0, 0.1) is 0 Å². The van der Waals surface area contributed by atoms with Gasteiger partial charge in [-0.05, 0) is 23.8 Å². The summed E-state index contributed by atoms with van der Waals surface area (Å²) in [5.74, 6) is -0.128. The van der Waals surface area contributed by atoms with Gasteiger partial charge in [0.25, 0.3) is 5.91 Å². The SMILES string of the molecule is CN1C(=O)c2oc3ccc(Br)cc3c(=O)c2[C@@H]1c1ccccc1. The van der Waals surface area contributed by atoms with Gasteiger partial charge >= 0.3 is 0 Å². The van der Waals surface area contributed by atoms with Crippen LogP contribution in [0.4, 0.5) is 0 Å². The largest absolute Gasteiger partial charge is 0.450 e. The Balaban J connectivity index is 2.06. The zero-order chi connectivity index (χ0) is 16.1. The van der Waals surface area contributed by atoms with Crippen molar-refractivity contribution >= 4 is 32.8 Å². The first kappa shape index (κ1) is 14.2. The standard InChI is InChI=1S/C18H12BrNO3/c1-20-15(10-5-3-2-4-6-10)14-16(21)12-9-11(19)7-8-13(12)23-17(14)18(20)22/h2-9,15H,1H3/t15-/m0/s1. The highest BCUT2D eigenvalue weighted by Crippen LogP contribution is 2.36. The Kier molecular flexibility index (Phi) is 3.13. The molecule has 0 unspecified atom stereocenters. The van der Waals surface area contributed by atoms with Crippen molar-refractivity contribution < 1.29 is 9.21 Å². The fourth-order valence-corrected chi connectivity index (χ4v) is 3.45. The fraction of sp³-hybridized carbons (Fsp3) is 0.111. The molecule has 0 saturated heterocycles. The van der Waals surface area contributed by atoms with Crippen molar-refractivity contribution in [1.29, 1.82) is 0 Å². The number of carbonyl (C=O) groups excluding carboxylic acids is 1. The van der Waals surface area contributed by atoms with Crippen molar-refractivity contribution in [1.82, 2.24) is 4.90 Å². The maximum Gasteiger partial charge on any atom is 0.290 e. The number of amides is 1. The van der Waals surface area contributed by atoms with Gasteiger partial charge in [-0.15, -0.1) is 0 Å². The first-order chi connectivity index (χ1) is 11.1. The van der Waals surface area contributed by atoms with Crippen molar-refractivity contribution in [2.75, 3.05) is 7.05 Å². The Morgan fingerprint density at radius 3 is 2.57 bits per heavy atom. The summed E-state index contributed by atoms with van der Waals surface area (Å²) in [7, 11) is 1.69. The molecule has 3 aromatic rings. The molecule has 0 N–H and O–H groups in total. The molecule has 0 radical (unpaired) electrons. The van der Waals surface area contributed by atoms with Crippen LogP contribution in [-0.4, -0.2) is 17.9 Å². The van der Waals surface area contributed by atoms with Gasteiger partial charge in [-0.2, -0.15) is 0 Å². The molecule has 1 aliphatic heterocycles. The van der Waals surface area contributed by atoms with Crippen molar-refractivity contribution in [2.45, 2.75) is 6.04 Å². The molecule has 4 rings (SSSR count). The van der Waals surface area contributed by atoms with Crippen molar-refractivity contribution in [3.05, 3.63) is 80.1 Å². The topological polar surface area (TPSA) is 50.5 Å². The van der Waals surface area contributed by atoms with Crippen LogP contribution in [0.15, 0.2) is 62.2 Å². The predicted molar refractivity (Wildman–Crippen MR) is 90.6 cm³/mol. The highest BCUT2D eigenvalue weighted by Gasteiger charge is 2.40. The summed E-state index contributed by atoms with van der Waals surface area (Å²) in [4.78, 5) is 27.1. The van der Waals surface area contributed by atoms with Gasteiger partial charge in [-0.1, -0.05) is 46.3 Å². The molecular formula is C18H12BrNO3. The minimum Gasteiger partial charge on any atom is -0.450 e. The van der Waals surface area contributed by atoms with E-state index in [2.05, 4.69) is 15.9 Å². The van der Waals surface area contributed by atoms with Crippen molar-refractivity contribution in [3.8, 4) is 0 Å². The second-order valence-electron chi connectivity index (χ2n) is 5.54. The second kappa shape index (κ2) is 5.06. The molecule has 0 bridgehead atoms. The first-order valence-corrected chi connectivity index (χ1v) is 7.95. The third-order valence-electron chi connectivity index (χ3n) is 4.18. The molecule has 2 heterocycles. The van der Waals surface area contributed by atoms with Crippen LogP contribution in [0.5, 0.6) is 0 Å². The number of hydrogen-bond acceptors (Lipinski definition) is 3. The number of carbonyl (C=O) groups is 1. The number of rotatable bonds is 1. The molecule has 1 atom stereocenters. The van der Waals surface area contributed by atoms with Gasteiger partial charge in [0.15, 0.2) is 5.43 Å². The van der Waals surface area contributed by atoms with E-state index in [1.807, 2.05) is 30.3 Å². The van der Waals surface area contributed by atoms with Gasteiger partial charge in [-0.3, -0.25) is 9.59 Å². The smallest absolute Gasteiger partial charge is 0.290 e. The van der Waals surface area contributed by atoms with E-state index in [-0.39, 0.29) is 17.1 Å². The lowest BCUT2D eigenvalue weighted by atomic mass is 9.99. The van der Waals surface area contributed by atoms with Gasteiger partial charge in [0, 0.05) is 11.5 Å². The molecule has 1 aromatic heterocycles. The van der Waals surface area contributed by atoms with E-state index in [9.17, 15) is 9.59 Å². The quantitative estimate of drug-likeness (QED) is 0.656. The second-order valence-corrected chi connectivity index (χ2v) is 6.46.